The minimum Gasteiger partial charge on any atom is -0.361 e. The first-order chi connectivity index (χ1) is 11.6. The lowest BCUT2D eigenvalue weighted by Crippen LogP contribution is -2.21. The first kappa shape index (κ1) is 20.0. The van der Waals surface area contributed by atoms with Crippen molar-refractivity contribution >= 4 is 36.3 Å². The highest BCUT2D eigenvalue weighted by atomic mass is 32.2. The van der Waals surface area contributed by atoms with Crippen LogP contribution in [0.4, 0.5) is 0 Å². The van der Waals surface area contributed by atoms with Crippen LogP contribution in [-0.2, 0) is 22.5 Å². The number of fused-ring (bicyclic) bond motifs is 1. The Bertz CT molecular complexity index is 773. The van der Waals surface area contributed by atoms with Crippen molar-refractivity contribution in [3.63, 3.8) is 0 Å². The van der Waals surface area contributed by atoms with Crippen molar-refractivity contribution in [3.8, 4) is 0 Å². The summed E-state index contributed by atoms with van der Waals surface area (Å²) in [6.07, 6.45) is 3.46. The molecule has 25 heavy (non-hydrogen) atoms. The van der Waals surface area contributed by atoms with Gasteiger partial charge in [0.05, 0.1) is 22.1 Å². The maximum absolute atomic E-state index is 12.0. The summed E-state index contributed by atoms with van der Waals surface area (Å²) in [5.74, 6) is 0. The first-order valence-electron chi connectivity index (χ1n) is 8.55. The summed E-state index contributed by atoms with van der Waals surface area (Å²) in [7, 11) is -2.31. The smallest absolute Gasteiger partial charge is 0.144 e. The van der Waals surface area contributed by atoms with Gasteiger partial charge >= 0.3 is 0 Å². The van der Waals surface area contributed by atoms with E-state index in [1.165, 1.54) is 0 Å². The summed E-state index contributed by atoms with van der Waals surface area (Å²) in [5.41, 5.74) is 2.82. The van der Waals surface area contributed by atoms with E-state index in [1.807, 2.05) is 43.5 Å². The second-order valence-corrected chi connectivity index (χ2v) is 16.0. The highest BCUT2D eigenvalue weighted by Crippen LogP contribution is 2.16. The topological polar surface area (TPSA) is 56.5 Å². The molecule has 5 nitrogen and oxygen atoms in total. The van der Waals surface area contributed by atoms with Crippen LogP contribution in [0.3, 0.4) is 0 Å². The molecule has 1 atom stereocenters. The molecule has 0 aliphatic rings. The van der Waals surface area contributed by atoms with Crippen molar-refractivity contribution in [2.75, 3.05) is 6.61 Å². The summed E-state index contributed by atoms with van der Waals surface area (Å²) in [6.45, 7) is 14.1. The molecule has 138 valence electrons. The van der Waals surface area contributed by atoms with Gasteiger partial charge in [0, 0.05) is 20.9 Å². The van der Waals surface area contributed by atoms with E-state index in [0.29, 0.717) is 6.73 Å². The molecule has 0 amide bonds. The molecule has 1 unspecified atom stereocenters. The molecule has 1 heterocycles. The van der Waals surface area contributed by atoms with Crippen LogP contribution in [-0.4, -0.2) is 39.4 Å². The van der Waals surface area contributed by atoms with Crippen LogP contribution in [0.1, 0.15) is 26.3 Å². The molecule has 0 aliphatic carbocycles. The molecule has 1 aromatic heterocycles. The quantitative estimate of drug-likeness (QED) is 0.411. The molecule has 0 saturated carbocycles. The highest BCUT2D eigenvalue weighted by Gasteiger charge is 2.18. The van der Waals surface area contributed by atoms with Gasteiger partial charge in [0.25, 0.3) is 0 Å². The number of ether oxygens (including phenoxy) is 1. The van der Waals surface area contributed by atoms with Gasteiger partial charge in [0.15, 0.2) is 0 Å². The largest absolute Gasteiger partial charge is 0.361 e. The minimum absolute atomic E-state index is 0.352. The van der Waals surface area contributed by atoms with Gasteiger partial charge in [-0.15, -0.1) is 0 Å². The van der Waals surface area contributed by atoms with Crippen LogP contribution in [0.5, 0.6) is 0 Å². The Balaban J connectivity index is 2.03. The standard InChI is InChI=1S/C18H29N3O2SSi/c1-18(2,3)24(22)20-12-15-7-8-17-16(11-15)19-13-21(17)14-23-9-10-25(4,5)6/h7-8,11-13H,9-10,14H2,1-6H3/b20-12+. The van der Waals surface area contributed by atoms with Crippen molar-refractivity contribution in [2.45, 2.75) is 57.9 Å². The Morgan fingerprint density at radius 1 is 1.32 bits per heavy atom. The Kier molecular flexibility index (Phi) is 6.34. The molecule has 0 spiro atoms. The number of nitrogens with zero attached hydrogens (tertiary/aromatic N) is 3. The summed E-state index contributed by atoms with van der Waals surface area (Å²) < 4.78 is 23.6. The van der Waals surface area contributed by atoms with E-state index in [9.17, 15) is 4.21 Å². The molecule has 7 heteroatoms. The Labute approximate surface area is 154 Å². The zero-order valence-corrected chi connectivity index (χ0v) is 17.9. The van der Waals surface area contributed by atoms with Gasteiger partial charge in [-0.3, -0.25) is 0 Å². The number of aromatic nitrogens is 2. The molecule has 2 aromatic rings. The predicted octanol–water partition coefficient (Wildman–Crippen LogP) is 4.23. The predicted molar refractivity (Wildman–Crippen MR) is 109 cm³/mol. The Morgan fingerprint density at radius 3 is 2.68 bits per heavy atom. The second-order valence-electron chi connectivity index (χ2n) is 8.41. The fourth-order valence-electron chi connectivity index (χ4n) is 2.07. The number of hydrogen-bond acceptors (Lipinski definition) is 3. The minimum atomic E-state index is -1.25. The number of benzene rings is 1. The van der Waals surface area contributed by atoms with Crippen LogP contribution in [0.25, 0.3) is 11.0 Å². The monoisotopic (exact) mass is 379 g/mol. The van der Waals surface area contributed by atoms with E-state index in [0.717, 1.165) is 29.2 Å². The lowest BCUT2D eigenvalue weighted by Gasteiger charge is -2.15. The fourth-order valence-corrected chi connectivity index (χ4v) is 3.36. The molecule has 2 rings (SSSR count). The van der Waals surface area contributed by atoms with E-state index >= 15 is 0 Å². The normalized spacial score (nSPS) is 14.5. The van der Waals surface area contributed by atoms with Crippen molar-refractivity contribution in [1.82, 2.24) is 9.55 Å². The zero-order chi connectivity index (χ0) is 18.7. The van der Waals surface area contributed by atoms with Gasteiger partial charge in [-0.1, -0.05) is 25.7 Å². The second kappa shape index (κ2) is 7.93. The molecular weight excluding hydrogens is 350 g/mol. The van der Waals surface area contributed by atoms with Gasteiger partial charge in [-0.2, -0.15) is 4.40 Å². The number of imidazole rings is 1. The first-order valence-corrected chi connectivity index (χ1v) is 13.4. The fraction of sp³-hybridized carbons (Fsp3) is 0.556. The van der Waals surface area contributed by atoms with E-state index in [1.54, 1.807) is 12.5 Å². The summed E-state index contributed by atoms with van der Waals surface area (Å²) in [5, 5.41) is 0. The molecule has 1 aromatic carbocycles. The van der Waals surface area contributed by atoms with Crippen molar-refractivity contribution in [1.29, 1.82) is 0 Å². The van der Waals surface area contributed by atoms with Gasteiger partial charge in [0.2, 0.25) is 0 Å². The molecule has 0 N–H and O–H groups in total. The van der Waals surface area contributed by atoms with E-state index < -0.39 is 19.1 Å². The Morgan fingerprint density at radius 2 is 2.04 bits per heavy atom. The number of hydrogen-bond donors (Lipinski definition) is 0. The average Bonchev–Trinajstić information content (AvgIpc) is 2.89. The van der Waals surface area contributed by atoms with E-state index in [4.69, 9.17) is 4.74 Å². The summed E-state index contributed by atoms with van der Waals surface area (Å²) in [6, 6.07) is 7.08. The maximum atomic E-state index is 12.0. The Hall–Kier alpha value is -1.31. The molecule has 0 fully saturated rings. The summed E-state index contributed by atoms with van der Waals surface area (Å²) in [4.78, 5) is 4.44. The van der Waals surface area contributed by atoms with E-state index in [-0.39, 0.29) is 4.75 Å². The third kappa shape index (κ3) is 6.16. The maximum Gasteiger partial charge on any atom is 0.144 e. The van der Waals surface area contributed by atoms with Crippen LogP contribution in [0, 0.1) is 0 Å². The van der Waals surface area contributed by atoms with Gasteiger partial charge < -0.3 is 9.30 Å². The van der Waals surface area contributed by atoms with Crippen LogP contribution >= 0.6 is 0 Å². The van der Waals surface area contributed by atoms with E-state index in [2.05, 4.69) is 29.0 Å². The third-order valence-corrected chi connectivity index (χ3v) is 6.74. The van der Waals surface area contributed by atoms with Gasteiger partial charge in [0.1, 0.15) is 17.7 Å². The molecule has 0 aliphatic heterocycles. The average molecular weight is 380 g/mol. The SMILES string of the molecule is CC(C)(C)S(=O)/N=C/c1ccc2c(c1)ncn2COCC[Si](C)(C)C. The summed E-state index contributed by atoms with van der Waals surface area (Å²) >= 11 is 0. The molecule has 0 saturated heterocycles. The zero-order valence-electron chi connectivity index (χ0n) is 16.1. The van der Waals surface area contributed by atoms with Crippen LogP contribution < -0.4 is 0 Å². The number of rotatable bonds is 7. The lowest BCUT2D eigenvalue weighted by molar-refractivity contribution is 0.0898. The van der Waals surface area contributed by atoms with Crippen molar-refractivity contribution < 1.29 is 8.95 Å². The molecule has 0 bridgehead atoms. The van der Waals surface area contributed by atoms with Crippen LogP contribution in [0.2, 0.25) is 25.7 Å². The molecule has 0 radical (unpaired) electrons. The van der Waals surface area contributed by atoms with Gasteiger partial charge in [-0.05, 0) is 44.5 Å². The van der Waals surface area contributed by atoms with Crippen LogP contribution in [0.15, 0.2) is 28.9 Å². The van der Waals surface area contributed by atoms with Crippen molar-refractivity contribution in [2.24, 2.45) is 4.40 Å². The third-order valence-electron chi connectivity index (χ3n) is 3.69. The van der Waals surface area contributed by atoms with Gasteiger partial charge in [-0.25, -0.2) is 9.19 Å². The highest BCUT2D eigenvalue weighted by molar-refractivity contribution is 7.85. The molecular formula is C18H29N3O2SSi. The lowest BCUT2D eigenvalue weighted by atomic mass is 10.2. The van der Waals surface area contributed by atoms with Crippen molar-refractivity contribution in [3.05, 3.63) is 30.1 Å².